The number of nitrogens with one attached hydrogen (secondary N) is 1. The Morgan fingerprint density at radius 2 is 1.87 bits per heavy atom. The molecule has 0 saturated carbocycles. The highest BCUT2D eigenvalue weighted by molar-refractivity contribution is 8.00. The molecule has 0 unspecified atom stereocenters. The van der Waals surface area contributed by atoms with Crippen molar-refractivity contribution in [2.24, 2.45) is 0 Å². The molecule has 0 aromatic heterocycles. The van der Waals surface area contributed by atoms with Gasteiger partial charge in [0.1, 0.15) is 5.82 Å². The van der Waals surface area contributed by atoms with Crippen molar-refractivity contribution in [1.82, 2.24) is 5.32 Å². The Labute approximate surface area is 100 Å². The van der Waals surface area contributed by atoms with Crippen LogP contribution >= 0.6 is 24.2 Å². The molecule has 4 heteroatoms. The summed E-state index contributed by atoms with van der Waals surface area (Å²) in [5.74, 6) is -0.0870. The zero-order chi connectivity index (χ0) is 9.80. The smallest absolute Gasteiger partial charge is 0.136 e. The lowest BCUT2D eigenvalue weighted by molar-refractivity contribution is 0.530. The van der Waals surface area contributed by atoms with Crippen LogP contribution in [0.5, 0.6) is 0 Å². The first-order valence-electron chi connectivity index (χ1n) is 4.98. The Morgan fingerprint density at radius 3 is 2.53 bits per heavy atom. The zero-order valence-electron chi connectivity index (χ0n) is 8.41. The first-order valence-corrected chi connectivity index (χ1v) is 5.86. The topological polar surface area (TPSA) is 12.0 Å². The van der Waals surface area contributed by atoms with E-state index in [-0.39, 0.29) is 18.2 Å². The van der Waals surface area contributed by atoms with Crippen molar-refractivity contribution in [2.75, 3.05) is 13.1 Å². The Balaban J connectivity index is 0.00000112. The minimum atomic E-state index is -0.0870. The van der Waals surface area contributed by atoms with Gasteiger partial charge in [-0.15, -0.1) is 24.2 Å². The number of hydrogen-bond acceptors (Lipinski definition) is 2. The average molecular weight is 248 g/mol. The summed E-state index contributed by atoms with van der Waals surface area (Å²) in [5, 5.41) is 3.89. The van der Waals surface area contributed by atoms with E-state index in [0.29, 0.717) is 5.25 Å². The first-order chi connectivity index (χ1) is 6.86. The van der Waals surface area contributed by atoms with Gasteiger partial charge in [0.05, 0.1) is 0 Å². The van der Waals surface area contributed by atoms with Crippen molar-refractivity contribution in [3.05, 3.63) is 30.1 Å². The molecule has 84 valence electrons. The third-order valence-electron chi connectivity index (χ3n) is 2.42. The van der Waals surface area contributed by atoms with Gasteiger partial charge in [0.15, 0.2) is 0 Å². The number of halogens is 2. The van der Waals surface area contributed by atoms with E-state index >= 15 is 0 Å². The fraction of sp³-hybridized carbons (Fsp3) is 0.455. The summed E-state index contributed by atoms with van der Waals surface area (Å²) in [7, 11) is 0. The van der Waals surface area contributed by atoms with Gasteiger partial charge in [-0.25, -0.2) is 4.39 Å². The molecule has 15 heavy (non-hydrogen) atoms. The van der Waals surface area contributed by atoms with Gasteiger partial charge < -0.3 is 5.32 Å². The third kappa shape index (κ3) is 3.67. The number of piperidine rings is 1. The molecule has 1 aromatic carbocycles. The fourth-order valence-corrected chi connectivity index (χ4v) is 2.80. The minimum absolute atomic E-state index is 0. The number of benzene rings is 1. The van der Waals surface area contributed by atoms with E-state index < -0.39 is 0 Å². The number of thioether (sulfide) groups is 1. The highest BCUT2D eigenvalue weighted by atomic mass is 35.5. The second-order valence-corrected chi connectivity index (χ2v) is 4.84. The predicted molar refractivity (Wildman–Crippen MR) is 65.4 cm³/mol. The van der Waals surface area contributed by atoms with Crippen LogP contribution in [0.2, 0.25) is 0 Å². The van der Waals surface area contributed by atoms with E-state index in [4.69, 9.17) is 0 Å². The highest BCUT2D eigenvalue weighted by Gasteiger charge is 2.15. The average Bonchev–Trinajstić information content (AvgIpc) is 2.23. The Kier molecular flexibility index (Phi) is 5.43. The molecular weight excluding hydrogens is 233 g/mol. The second-order valence-electron chi connectivity index (χ2n) is 3.50. The summed E-state index contributed by atoms with van der Waals surface area (Å²) >= 11 is 1.68. The lowest BCUT2D eigenvalue weighted by atomic mass is 10.2. The standard InChI is InChI=1S/C11H14FNS.ClH/c12-10-3-1-2-4-11(10)14-9-5-7-13-8-6-9;/h1-4,9,13H,5-8H2;1H. The molecule has 2 rings (SSSR count). The van der Waals surface area contributed by atoms with Crippen LogP contribution in [-0.2, 0) is 0 Å². The highest BCUT2D eigenvalue weighted by Crippen LogP contribution is 2.30. The largest absolute Gasteiger partial charge is 0.317 e. The molecule has 0 spiro atoms. The number of rotatable bonds is 2. The van der Waals surface area contributed by atoms with Crippen molar-refractivity contribution < 1.29 is 4.39 Å². The maximum absolute atomic E-state index is 13.3. The SMILES string of the molecule is Cl.Fc1ccccc1SC1CCNCC1. The van der Waals surface area contributed by atoms with Gasteiger partial charge in [0.25, 0.3) is 0 Å². The molecule has 0 radical (unpaired) electrons. The van der Waals surface area contributed by atoms with Gasteiger partial charge in [-0.3, -0.25) is 0 Å². The maximum Gasteiger partial charge on any atom is 0.136 e. The van der Waals surface area contributed by atoms with Crippen molar-refractivity contribution in [1.29, 1.82) is 0 Å². The lowest BCUT2D eigenvalue weighted by Gasteiger charge is -2.22. The summed E-state index contributed by atoms with van der Waals surface area (Å²) < 4.78 is 13.3. The van der Waals surface area contributed by atoms with Crippen molar-refractivity contribution in [3.8, 4) is 0 Å². The molecule has 1 saturated heterocycles. The fourth-order valence-electron chi connectivity index (χ4n) is 1.63. The molecule has 0 amide bonds. The van der Waals surface area contributed by atoms with Gasteiger partial charge >= 0.3 is 0 Å². The zero-order valence-corrected chi connectivity index (χ0v) is 10.0. The van der Waals surface area contributed by atoms with Gasteiger partial charge in [-0.2, -0.15) is 0 Å². The summed E-state index contributed by atoms with van der Waals surface area (Å²) in [6.07, 6.45) is 2.28. The molecule has 0 aliphatic carbocycles. The van der Waals surface area contributed by atoms with Gasteiger partial charge in [-0.1, -0.05) is 12.1 Å². The quantitative estimate of drug-likeness (QED) is 0.862. The normalized spacial score (nSPS) is 17.1. The molecule has 1 N–H and O–H groups in total. The number of hydrogen-bond donors (Lipinski definition) is 1. The van der Waals surface area contributed by atoms with E-state index in [0.717, 1.165) is 30.8 Å². The Hall–Kier alpha value is -0.250. The lowest BCUT2D eigenvalue weighted by Crippen LogP contribution is -2.29. The summed E-state index contributed by atoms with van der Waals surface area (Å²) in [4.78, 5) is 0.791. The molecule has 0 atom stereocenters. The van der Waals surface area contributed by atoms with Gasteiger partial charge in [-0.05, 0) is 38.1 Å². The van der Waals surface area contributed by atoms with E-state index in [2.05, 4.69) is 5.32 Å². The van der Waals surface area contributed by atoms with Crippen LogP contribution in [0.25, 0.3) is 0 Å². The van der Waals surface area contributed by atoms with Gasteiger partial charge in [0, 0.05) is 10.1 Å². The van der Waals surface area contributed by atoms with Crippen molar-refractivity contribution in [2.45, 2.75) is 23.0 Å². The van der Waals surface area contributed by atoms with Crippen LogP contribution in [0.3, 0.4) is 0 Å². The van der Waals surface area contributed by atoms with E-state index in [9.17, 15) is 4.39 Å². The second kappa shape index (κ2) is 6.36. The van der Waals surface area contributed by atoms with Crippen LogP contribution in [0, 0.1) is 5.82 Å². The molecule has 1 aliphatic rings. The van der Waals surface area contributed by atoms with Crippen molar-refractivity contribution in [3.63, 3.8) is 0 Å². The van der Waals surface area contributed by atoms with E-state index in [1.165, 1.54) is 6.07 Å². The van der Waals surface area contributed by atoms with Gasteiger partial charge in [0.2, 0.25) is 0 Å². The van der Waals surface area contributed by atoms with Crippen LogP contribution in [-0.4, -0.2) is 18.3 Å². The predicted octanol–water partition coefficient (Wildman–Crippen LogP) is 3.09. The van der Waals surface area contributed by atoms with E-state index in [1.807, 2.05) is 12.1 Å². The van der Waals surface area contributed by atoms with Crippen LogP contribution in [0.1, 0.15) is 12.8 Å². The summed E-state index contributed by atoms with van der Waals surface area (Å²) in [6.45, 7) is 2.12. The first kappa shape index (κ1) is 12.8. The van der Waals surface area contributed by atoms with E-state index in [1.54, 1.807) is 17.8 Å². The molecule has 0 bridgehead atoms. The van der Waals surface area contributed by atoms with Crippen LogP contribution in [0.4, 0.5) is 4.39 Å². The molecular formula is C11H15ClFNS. The molecule has 1 nitrogen and oxygen atoms in total. The van der Waals surface area contributed by atoms with Crippen molar-refractivity contribution >= 4 is 24.2 Å². The Morgan fingerprint density at radius 1 is 1.20 bits per heavy atom. The minimum Gasteiger partial charge on any atom is -0.317 e. The third-order valence-corrected chi connectivity index (χ3v) is 3.81. The summed E-state index contributed by atoms with van der Waals surface area (Å²) in [6, 6.07) is 7.03. The molecule has 1 fully saturated rings. The molecule has 1 aromatic rings. The molecule has 1 heterocycles. The molecule has 1 aliphatic heterocycles. The summed E-state index contributed by atoms with van der Waals surface area (Å²) in [5.41, 5.74) is 0. The monoisotopic (exact) mass is 247 g/mol. The maximum atomic E-state index is 13.3. The van der Waals surface area contributed by atoms with Crippen LogP contribution < -0.4 is 5.32 Å². The Bertz CT molecular complexity index is 302. The van der Waals surface area contributed by atoms with Crippen LogP contribution in [0.15, 0.2) is 29.2 Å².